The minimum absolute atomic E-state index is 0.122. The molecular weight excluding hydrogens is 408 g/mol. The van der Waals surface area contributed by atoms with Crippen molar-refractivity contribution in [2.45, 2.75) is 19.9 Å². The molecule has 0 radical (unpaired) electrons. The van der Waals surface area contributed by atoms with Gasteiger partial charge in [-0.15, -0.1) is 0 Å². The molecular formula is C25H27ClN4O. The van der Waals surface area contributed by atoms with E-state index >= 15 is 0 Å². The lowest BCUT2D eigenvalue weighted by molar-refractivity contribution is 0.102. The van der Waals surface area contributed by atoms with E-state index in [1.165, 1.54) is 5.56 Å². The summed E-state index contributed by atoms with van der Waals surface area (Å²) in [7, 11) is 0. The highest BCUT2D eigenvalue weighted by atomic mass is 35.5. The number of pyridine rings is 1. The minimum atomic E-state index is -0.122. The maximum absolute atomic E-state index is 12.4. The van der Waals surface area contributed by atoms with Crippen LogP contribution in [-0.2, 0) is 6.54 Å². The number of nitrogens with one attached hydrogen (secondary N) is 1. The van der Waals surface area contributed by atoms with Gasteiger partial charge in [-0.25, -0.2) is 4.98 Å². The number of halogens is 1. The highest BCUT2D eigenvalue weighted by molar-refractivity contribution is 6.31. The Labute approximate surface area is 188 Å². The summed E-state index contributed by atoms with van der Waals surface area (Å²) in [4.78, 5) is 21.8. The number of aromatic nitrogens is 1. The van der Waals surface area contributed by atoms with Gasteiger partial charge in [0, 0.05) is 43.3 Å². The van der Waals surface area contributed by atoms with E-state index in [0.717, 1.165) is 55.5 Å². The molecule has 0 saturated carbocycles. The van der Waals surface area contributed by atoms with Gasteiger partial charge in [0.1, 0.15) is 5.82 Å². The molecule has 1 fully saturated rings. The second kappa shape index (κ2) is 9.94. The molecule has 160 valence electrons. The summed E-state index contributed by atoms with van der Waals surface area (Å²) in [6, 6.07) is 19.5. The quantitative estimate of drug-likeness (QED) is 0.613. The average molecular weight is 435 g/mol. The number of amides is 1. The fraction of sp³-hybridized carbons (Fsp3) is 0.280. The molecule has 1 amide bonds. The third-order valence-corrected chi connectivity index (χ3v) is 5.92. The number of carbonyl (C=O) groups excluding carboxylic acids is 1. The van der Waals surface area contributed by atoms with Crippen LogP contribution in [0.25, 0.3) is 0 Å². The van der Waals surface area contributed by atoms with Gasteiger partial charge in [-0.1, -0.05) is 47.5 Å². The van der Waals surface area contributed by atoms with Crippen molar-refractivity contribution in [3.63, 3.8) is 0 Å². The van der Waals surface area contributed by atoms with E-state index in [9.17, 15) is 4.79 Å². The van der Waals surface area contributed by atoms with Crippen molar-refractivity contribution in [2.24, 2.45) is 0 Å². The lowest BCUT2D eigenvalue weighted by atomic mass is 10.1. The first-order valence-electron chi connectivity index (χ1n) is 10.6. The molecule has 1 aliphatic rings. The maximum atomic E-state index is 12.4. The average Bonchev–Trinajstić information content (AvgIpc) is 3.01. The second-order valence-corrected chi connectivity index (χ2v) is 8.34. The van der Waals surface area contributed by atoms with Crippen LogP contribution in [0.15, 0.2) is 66.9 Å². The molecule has 0 spiro atoms. The van der Waals surface area contributed by atoms with Crippen LogP contribution < -0.4 is 10.2 Å². The molecule has 0 atom stereocenters. The Kier molecular flexibility index (Phi) is 6.85. The van der Waals surface area contributed by atoms with E-state index in [2.05, 4.69) is 26.2 Å². The van der Waals surface area contributed by atoms with Crippen molar-refractivity contribution in [3.05, 3.63) is 88.6 Å². The third-order valence-electron chi connectivity index (χ3n) is 5.55. The molecule has 5 nitrogen and oxygen atoms in total. The van der Waals surface area contributed by atoms with Gasteiger partial charge >= 0.3 is 0 Å². The van der Waals surface area contributed by atoms with Crippen LogP contribution in [0.4, 0.5) is 11.5 Å². The molecule has 3 aromatic rings. The Bertz CT molecular complexity index is 1040. The molecule has 0 bridgehead atoms. The van der Waals surface area contributed by atoms with E-state index < -0.39 is 0 Å². The lowest BCUT2D eigenvalue weighted by Gasteiger charge is -2.23. The fourth-order valence-corrected chi connectivity index (χ4v) is 4.06. The predicted molar refractivity (Wildman–Crippen MR) is 127 cm³/mol. The smallest absolute Gasteiger partial charge is 0.255 e. The summed E-state index contributed by atoms with van der Waals surface area (Å²) in [6.07, 6.45) is 2.80. The first kappa shape index (κ1) is 21.3. The zero-order valence-electron chi connectivity index (χ0n) is 17.7. The van der Waals surface area contributed by atoms with Crippen LogP contribution >= 0.6 is 11.6 Å². The van der Waals surface area contributed by atoms with E-state index in [-0.39, 0.29) is 5.91 Å². The fourth-order valence-electron chi connectivity index (χ4n) is 3.86. The molecule has 4 rings (SSSR count). The van der Waals surface area contributed by atoms with Crippen molar-refractivity contribution in [3.8, 4) is 0 Å². The number of rotatable bonds is 5. The summed E-state index contributed by atoms with van der Waals surface area (Å²) >= 11 is 6.33. The van der Waals surface area contributed by atoms with Crippen LogP contribution in [0.5, 0.6) is 0 Å². The number of hydrogen-bond acceptors (Lipinski definition) is 4. The third kappa shape index (κ3) is 5.63. The molecule has 1 N–H and O–H groups in total. The molecule has 1 aromatic heterocycles. The van der Waals surface area contributed by atoms with E-state index in [4.69, 9.17) is 11.6 Å². The Hall–Kier alpha value is -2.89. The summed E-state index contributed by atoms with van der Waals surface area (Å²) < 4.78 is 0. The van der Waals surface area contributed by atoms with Crippen LogP contribution in [0, 0.1) is 6.92 Å². The monoisotopic (exact) mass is 434 g/mol. The number of nitrogens with zero attached hydrogens (tertiary/aromatic N) is 3. The topological polar surface area (TPSA) is 48.5 Å². The van der Waals surface area contributed by atoms with E-state index in [1.54, 1.807) is 6.20 Å². The number of carbonyl (C=O) groups is 1. The standard InChI is InChI=1S/C25H27ClN4O/c1-19-6-4-8-20(16-19)25(31)28-22-10-11-24(27-17-22)30-13-5-12-29(14-15-30)18-21-7-2-3-9-23(21)26/h2-4,6-11,16-17H,5,12-15,18H2,1H3,(H,28,31). The molecule has 1 saturated heterocycles. The van der Waals surface area contributed by atoms with Gasteiger partial charge in [-0.2, -0.15) is 0 Å². The number of aryl methyl sites for hydroxylation is 1. The largest absolute Gasteiger partial charge is 0.355 e. The van der Waals surface area contributed by atoms with Crippen LogP contribution in [0.2, 0.25) is 5.02 Å². The Morgan fingerprint density at radius 3 is 2.68 bits per heavy atom. The Morgan fingerprint density at radius 2 is 1.90 bits per heavy atom. The highest BCUT2D eigenvalue weighted by Crippen LogP contribution is 2.20. The molecule has 31 heavy (non-hydrogen) atoms. The van der Waals surface area contributed by atoms with E-state index in [0.29, 0.717) is 11.3 Å². The summed E-state index contributed by atoms with van der Waals surface area (Å²) in [5.74, 6) is 0.816. The normalized spacial score (nSPS) is 14.8. The van der Waals surface area contributed by atoms with Crippen LogP contribution in [0.1, 0.15) is 27.9 Å². The number of anilines is 2. The highest BCUT2D eigenvalue weighted by Gasteiger charge is 2.17. The first-order valence-corrected chi connectivity index (χ1v) is 11.0. The summed E-state index contributed by atoms with van der Waals surface area (Å²) in [5, 5.41) is 3.75. The van der Waals surface area contributed by atoms with Crippen molar-refractivity contribution in [1.82, 2.24) is 9.88 Å². The lowest BCUT2D eigenvalue weighted by Crippen LogP contribution is -2.31. The summed E-state index contributed by atoms with van der Waals surface area (Å²) in [6.45, 7) is 6.70. The molecule has 0 unspecified atom stereocenters. The van der Waals surface area contributed by atoms with Gasteiger partial charge < -0.3 is 10.2 Å². The van der Waals surface area contributed by atoms with Crippen LogP contribution in [0.3, 0.4) is 0 Å². The zero-order valence-corrected chi connectivity index (χ0v) is 18.5. The zero-order chi connectivity index (χ0) is 21.6. The summed E-state index contributed by atoms with van der Waals surface area (Å²) in [5.41, 5.74) is 3.58. The molecule has 2 heterocycles. The molecule has 2 aromatic carbocycles. The minimum Gasteiger partial charge on any atom is -0.355 e. The number of hydrogen-bond donors (Lipinski definition) is 1. The van der Waals surface area contributed by atoms with Crippen molar-refractivity contribution in [1.29, 1.82) is 0 Å². The van der Waals surface area contributed by atoms with Gasteiger partial charge in [0.15, 0.2) is 0 Å². The van der Waals surface area contributed by atoms with Crippen molar-refractivity contribution in [2.75, 3.05) is 36.4 Å². The first-order chi connectivity index (χ1) is 15.1. The SMILES string of the molecule is Cc1cccc(C(=O)Nc2ccc(N3CCCN(Cc4ccccc4Cl)CC3)nc2)c1. The predicted octanol–water partition coefficient (Wildman–Crippen LogP) is 5.01. The van der Waals surface area contributed by atoms with Crippen molar-refractivity contribution >= 4 is 29.0 Å². The number of benzene rings is 2. The second-order valence-electron chi connectivity index (χ2n) is 7.94. The van der Waals surface area contributed by atoms with E-state index in [1.807, 2.05) is 61.5 Å². The maximum Gasteiger partial charge on any atom is 0.255 e. The molecule has 1 aliphatic heterocycles. The van der Waals surface area contributed by atoms with Crippen molar-refractivity contribution < 1.29 is 4.79 Å². The molecule has 0 aliphatic carbocycles. The Morgan fingerprint density at radius 1 is 1.03 bits per heavy atom. The van der Waals surface area contributed by atoms with Gasteiger partial charge in [0.2, 0.25) is 0 Å². The van der Waals surface area contributed by atoms with Gasteiger partial charge in [0.25, 0.3) is 5.91 Å². The van der Waals surface area contributed by atoms with Gasteiger partial charge in [0.05, 0.1) is 11.9 Å². The van der Waals surface area contributed by atoms with Gasteiger partial charge in [-0.3, -0.25) is 9.69 Å². The van der Waals surface area contributed by atoms with Gasteiger partial charge in [-0.05, 0) is 49.2 Å². The molecule has 6 heteroatoms. The van der Waals surface area contributed by atoms with Crippen LogP contribution in [-0.4, -0.2) is 42.0 Å². The Balaban J connectivity index is 1.34.